The predicted molar refractivity (Wildman–Crippen MR) is 115 cm³/mol. The van der Waals surface area contributed by atoms with Crippen molar-refractivity contribution in [3.8, 4) is 0 Å². The molecule has 0 radical (unpaired) electrons. The Kier molecular flexibility index (Phi) is 11.6. The van der Waals surface area contributed by atoms with Gasteiger partial charge >= 0.3 is 51.4 Å². The van der Waals surface area contributed by atoms with E-state index in [1.165, 1.54) is 6.92 Å². The molecule has 0 atom stereocenters. The van der Waals surface area contributed by atoms with E-state index >= 15 is 0 Å². The number of hydrogen-bond acceptors (Lipinski definition) is 8. The molecule has 0 bridgehead atoms. The molecule has 0 aliphatic rings. The molecule has 1 N–H and O–H groups in total. The minimum absolute atomic E-state index is 0. The zero-order valence-corrected chi connectivity index (χ0v) is 22.2. The van der Waals surface area contributed by atoms with Crippen LogP contribution in [0.15, 0.2) is 42.7 Å². The van der Waals surface area contributed by atoms with Gasteiger partial charge in [0.1, 0.15) is 5.69 Å². The van der Waals surface area contributed by atoms with Crippen LogP contribution in [-0.4, -0.2) is 37.6 Å². The first-order valence-electron chi connectivity index (χ1n) is 8.75. The third-order valence-electron chi connectivity index (χ3n) is 3.87. The number of carbonyl (C=O) groups is 2. The number of carbonyl (C=O) groups excluding carboxylic acids is 2. The number of hydrogen-bond donors (Lipinski definition) is 2. The van der Waals surface area contributed by atoms with Gasteiger partial charge in [-0.3, -0.25) is 9.78 Å². The van der Waals surface area contributed by atoms with E-state index in [0.717, 1.165) is 10.9 Å². The van der Waals surface area contributed by atoms with E-state index in [2.05, 4.69) is 46.2 Å². The summed E-state index contributed by atoms with van der Waals surface area (Å²) < 4.78 is 6.38. The topological polar surface area (TPSA) is 99.0 Å². The standard InChI is InChI=1S/C17H19N5O2S.C2H4OS.K/c1-17(2,15-11-22(21-20-15)7-8-24-25)19-16(23)13-9-12-5-3-4-6-14(12)18-10-13;1-2(3)4;/h3-6,9-11,25H,7-8H2,1-2H3,(H,19,23);1H3,(H,3,4);/q;;+1/p-1. The Hall–Kier alpha value is -0.924. The van der Waals surface area contributed by atoms with Crippen LogP contribution in [0.4, 0.5) is 0 Å². The quantitative estimate of drug-likeness (QED) is 0.215. The summed E-state index contributed by atoms with van der Waals surface area (Å²) in [5, 5.41) is 11.8. The molecule has 0 fully saturated rings. The molecule has 11 heteroatoms. The number of nitrogens with zero attached hydrogens (tertiary/aromatic N) is 4. The van der Waals surface area contributed by atoms with Gasteiger partial charge < -0.3 is 26.9 Å². The minimum atomic E-state index is -0.678. The number of amides is 1. The molecule has 0 spiro atoms. The summed E-state index contributed by atoms with van der Waals surface area (Å²) in [7, 11) is 0. The van der Waals surface area contributed by atoms with Crippen molar-refractivity contribution in [2.75, 3.05) is 6.61 Å². The van der Waals surface area contributed by atoms with E-state index in [-0.39, 0.29) is 62.4 Å². The third-order valence-corrected chi connectivity index (χ3v) is 4.05. The monoisotopic (exact) mass is 471 g/mol. The van der Waals surface area contributed by atoms with Crippen molar-refractivity contribution in [3.63, 3.8) is 0 Å². The van der Waals surface area contributed by atoms with Crippen LogP contribution >= 0.6 is 12.9 Å². The van der Waals surface area contributed by atoms with E-state index in [9.17, 15) is 9.59 Å². The fourth-order valence-corrected chi connectivity index (χ4v) is 2.53. The van der Waals surface area contributed by atoms with Crippen molar-refractivity contribution >= 4 is 47.5 Å². The zero-order chi connectivity index (χ0) is 21.4. The molecular formula is C19H22KN5O3S2. The van der Waals surface area contributed by atoms with Crippen molar-refractivity contribution in [1.82, 2.24) is 25.3 Å². The molecule has 1 amide bonds. The van der Waals surface area contributed by atoms with Crippen molar-refractivity contribution in [3.05, 3.63) is 54.0 Å². The zero-order valence-electron chi connectivity index (χ0n) is 17.3. The molecule has 0 aliphatic heterocycles. The average molecular weight is 472 g/mol. The Balaban J connectivity index is 0.000000827. The van der Waals surface area contributed by atoms with Crippen LogP contribution in [0.25, 0.3) is 10.9 Å². The Labute approximate surface area is 229 Å². The van der Waals surface area contributed by atoms with Gasteiger partial charge in [0, 0.05) is 16.7 Å². The molecule has 0 saturated carbocycles. The number of aromatic nitrogens is 4. The minimum Gasteiger partial charge on any atom is -0.742 e. The molecule has 8 nitrogen and oxygen atoms in total. The second-order valence-electron chi connectivity index (χ2n) is 6.69. The fourth-order valence-electron chi connectivity index (χ4n) is 2.44. The number of fused-ring (bicyclic) bond motifs is 1. The van der Waals surface area contributed by atoms with Crippen LogP contribution in [0.1, 0.15) is 36.8 Å². The maximum absolute atomic E-state index is 12.6. The molecule has 0 unspecified atom stereocenters. The first-order valence-corrected chi connectivity index (χ1v) is 9.52. The molecule has 30 heavy (non-hydrogen) atoms. The number of para-hydroxylation sites is 1. The second-order valence-corrected chi connectivity index (χ2v) is 7.52. The molecular weight excluding hydrogens is 449 g/mol. The SMILES string of the molecule is CC(=O)[S-].CC(C)(NC(=O)c1cnc2ccccc2c1)c1cn(CCOS)nn1.[K+]. The molecule has 0 saturated heterocycles. The molecule has 3 rings (SSSR count). The van der Waals surface area contributed by atoms with Crippen LogP contribution in [-0.2, 0) is 33.7 Å². The van der Waals surface area contributed by atoms with Gasteiger partial charge in [-0.15, -0.1) is 5.10 Å². The molecule has 2 aromatic heterocycles. The predicted octanol–water partition coefficient (Wildman–Crippen LogP) is -0.563. The number of nitrogens with one attached hydrogen (secondary N) is 1. The summed E-state index contributed by atoms with van der Waals surface area (Å²) in [6.07, 6.45) is 3.36. The molecule has 3 aromatic rings. The van der Waals surface area contributed by atoms with Crippen molar-refractivity contribution in [2.45, 2.75) is 32.9 Å². The van der Waals surface area contributed by atoms with Crippen LogP contribution in [0.5, 0.6) is 0 Å². The maximum Gasteiger partial charge on any atom is 1.00 e. The largest absolute Gasteiger partial charge is 1.00 e. The Morgan fingerprint density at radius 2 is 1.97 bits per heavy atom. The molecule has 154 valence electrons. The summed E-state index contributed by atoms with van der Waals surface area (Å²) in [5.74, 6) is -0.212. The van der Waals surface area contributed by atoms with Crippen molar-refractivity contribution in [1.29, 1.82) is 0 Å². The Morgan fingerprint density at radius 1 is 1.30 bits per heavy atom. The van der Waals surface area contributed by atoms with E-state index < -0.39 is 5.54 Å². The first-order chi connectivity index (χ1) is 13.7. The normalized spacial score (nSPS) is 10.5. The number of rotatable bonds is 6. The van der Waals surface area contributed by atoms with Crippen LogP contribution < -0.4 is 56.7 Å². The van der Waals surface area contributed by atoms with E-state index in [1.54, 1.807) is 17.1 Å². The molecule has 0 aliphatic carbocycles. The second kappa shape index (κ2) is 12.8. The van der Waals surface area contributed by atoms with Crippen molar-refractivity contribution < 1.29 is 65.2 Å². The van der Waals surface area contributed by atoms with Gasteiger partial charge in [0.05, 0.1) is 36.0 Å². The average Bonchev–Trinajstić information content (AvgIpc) is 3.15. The van der Waals surface area contributed by atoms with Gasteiger partial charge in [0.15, 0.2) is 0 Å². The van der Waals surface area contributed by atoms with Crippen LogP contribution in [0.2, 0.25) is 0 Å². The summed E-state index contributed by atoms with van der Waals surface area (Å²) in [4.78, 5) is 26.2. The van der Waals surface area contributed by atoms with Gasteiger partial charge in [-0.2, -0.15) is 0 Å². The van der Waals surface area contributed by atoms with Gasteiger partial charge in [0.2, 0.25) is 0 Å². The summed E-state index contributed by atoms with van der Waals surface area (Å²) in [6, 6.07) is 9.50. The third kappa shape index (κ3) is 8.31. The maximum atomic E-state index is 12.6. The molecule has 1 aromatic carbocycles. The van der Waals surface area contributed by atoms with Crippen LogP contribution in [0.3, 0.4) is 0 Å². The van der Waals surface area contributed by atoms with E-state index in [1.807, 2.05) is 44.2 Å². The van der Waals surface area contributed by atoms with Gasteiger partial charge in [0.25, 0.3) is 5.91 Å². The summed E-state index contributed by atoms with van der Waals surface area (Å²) >= 11 is 7.68. The van der Waals surface area contributed by atoms with Gasteiger partial charge in [-0.1, -0.05) is 23.4 Å². The summed E-state index contributed by atoms with van der Waals surface area (Å²) in [6.45, 7) is 6.05. The van der Waals surface area contributed by atoms with E-state index in [4.69, 9.17) is 4.18 Å². The van der Waals surface area contributed by atoms with Gasteiger partial charge in [-0.25, -0.2) is 4.68 Å². The fraction of sp³-hybridized carbons (Fsp3) is 0.316. The van der Waals surface area contributed by atoms with Crippen molar-refractivity contribution in [2.24, 2.45) is 0 Å². The number of thiol groups is 1. The first kappa shape index (κ1) is 27.1. The number of pyridine rings is 1. The number of benzene rings is 1. The smallest absolute Gasteiger partial charge is 0.742 e. The summed E-state index contributed by atoms with van der Waals surface area (Å²) in [5.41, 5.74) is 1.34. The Morgan fingerprint density at radius 3 is 2.63 bits per heavy atom. The van der Waals surface area contributed by atoms with Gasteiger partial charge in [-0.05, 0) is 45.8 Å². The van der Waals surface area contributed by atoms with E-state index in [0.29, 0.717) is 24.4 Å². The van der Waals surface area contributed by atoms with Crippen LogP contribution in [0, 0.1) is 0 Å². The molecule has 2 heterocycles. The Bertz CT molecular complexity index is 993.